The van der Waals surface area contributed by atoms with E-state index in [0.29, 0.717) is 5.92 Å². The van der Waals surface area contributed by atoms with Crippen molar-refractivity contribution in [3.8, 4) is 5.75 Å². The van der Waals surface area contributed by atoms with E-state index in [0.717, 1.165) is 11.5 Å². The fourth-order valence-electron chi connectivity index (χ4n) is 2.50. The molecule has 5 heteroatoms. The van der Waals surface area contributed by atoms with Gasteiger partial charge in [0.1, 0.15) is 0 Å². The molecule has 1 rings (SSSR count). The molecule has 0 aliphatic rings. The highest BCUT2D eigenvalue weighted by Gasteiger charge is 2.38. The predicted molar refractivity (Wildman–Crippen MR) is 102 cm³/mol. The maximum absolute atomic E-state index is 6.68. The van der Waals surface area contributed by atoms with E-state index in [4.69, 9.17) is 13.6 Å². The lowest BCUT2D eigenvalue weighted by molar-refractivity contribution is -0.0785. The van der Waals surface area contributed by atoms with Gasteiger partial charge in [-0.2, -0.15) is 0 Å². The Morgan fingerprint density at radius 3 is 2.13 bits per heavy atom. The second-order valence-corrected chi connectivity index (χ2v) is 12.0. The van der Waals surface area contributed by atoms with Gasteiger partial charge in [0, 0.05) is 17.8 Å². The Labute approximate surface area is 147 Å². The Bertz CT molecular complexity index is 427. The van der Waals surface area contributed by atoms with E-state index in [1.54, 1.807) is 0 Å². The molecule has 0 aliphatic carbocycles. The second kappa shape index (κ2) is 9.72. The van der Waals surface area contributed by atoms with Crippen LogP contribution in [0.15, 0.2) is 30.3 Å². The van der Waals surface area contributed by atoms with Crippen LogP contribution in [0, 0.1) is 5.92 Å². The summed E-state index contributed by atoms with van der Waals surface area (Å²) in [6.07, 6.45) is 0. The zero-order valence-corrected chi connectivity index (χ0v) is 17.2. The van der Waals surface area contributed by atoms with Gasteiger partial charge in [0.25, 0.3) is 0 Å². The lowest BCUT2D eigenvalue weighted by atomic mass is 9.95. The van der Waals surface area contributed by atoms with Gasteiger partial charge in [0.15, 0.2) is 14.1 Å². The van der Waals surface area contributed by atoms with E-state index in [9.17, 15) is 0 Å². The van der Waals surface area contributed by atoms with Gasteiger partial charge >= 0.3 is 0 Å². The van der Waals surface area contributed by atoms with Crippen molar-refractivity contribution in [2.75, 3.05) is 5.75 Å². The fourth-order valence-corrected chi connectivity index (χ4v) is 6.53. The molecule has 0 N–H and O–H groups in total. The average Bonchev–Trinajstić information content (AvgIpc) is 2.57. The monoisotopic (exact) mass is 356 g/mol. The van der Waals surface area contributed by atoms with Crippen molar-refractivity contribution >= 4 is 20.4 Å². The number of rotatable bonds is 11. The highest BCUT2D eigenvalue weighted by molar-refractivity contribution is 7.94. The molecule has 0 amide bonds. The van der Waals surface area contributed by atoms with E-state index in [-0.39, 0.29) is 5.60 Å². The molecule has 0 spiro atoms. The van der Waals surface area contributed by atoms with Gasteiger partial charge in [-0.15, -0.1) is 4.33 Å². The number of para-hydroxylation sites is 1. The van der Waals surface area contributed by atoms with Gasteiger partial charge in [0.05, 0.1) is 5.60 Å². The second-order valence-electron chi connectivity index (χ2n) is 6.60. The molecule has 0 aliphatic heterocycles. The van der Waals surface area contributed by atoms with Gasteiger partial charge in [-0.3, -0.25) is 0 Å². The molecule has 0 saturated carbocycles. The van der Waals surface area contributed by atoms with Crippen LogP contribution in [0.5, 0.6) is 5.75 Å². The third-order valence-corrected chi connectivity index (χ3v) is 10.5. The molecule has 1 atom stereocenters. The van der Waals surface area contributed by atoms with Crippen LogP contribution in [0.1, 0.15) is 41.5 Å². The topological polar surface area (TPSA) is 27.7 Å². The van der Waals surface area contributed by atoms with Crippen LogP contribution in [-0.4, -0.2) is 19.7 Å². The van der Waals surface area contributed by atoms with E-state index < -0.39 is 8.32 Å². The summed E-state index contributed by atoms with van der Waals surface area (Å²) in [5, 5.41) is 0. The molecule has 0 aromatic heterocycles. The summed E-state index contributed by atoms with van der Waals surface area (Å²) in [4.78, 5) is 5.26. The molecule has 0 saturated heterocycles. The van der Waals surface area contributed by atoms with Gasteiger partial charge in [-0.05, 0) is 50.0 Å². The molecular formula is C18H32O3SSi. The van der Waals surface area contributed by atoms with Crippen molar-refractivity contribution in [1.29, 1.82) is 0 Å². The molecule has 1 aromatic rings. The average molecular weight is 357 g/mol. The normalized spacial score (nSPS) is 13.8. The minimum atomic E-state index is -1.60. The number of benzene rings is 1. The van der Waals surface area contributed by atoms with E-state index in [1.165, 1.54) is 30.2 Å². The van der Waals surface area contributed by atoms with Crippen molar-refractivity contribution in [2.24, 2.45) is 5.92 Å². The molecule has 132 valence electrons. The highest BCUT2D eigenvalue weighted by Crippen LogP contribution is 2.33. The Hall–Kier alpha value is -0.493. The first kappa shape index (κ1) is 20.6. The third-order valence-electron chi connectivity index (χ3n) is 4.84. The zero-order valence-electron chi connectivity index (χ0n) is 15.4. The third kappa shape index (κ3) is 6.49. The quantitative estimate of drug-likeness (QED) is 0.158. The molecular weight excluding hydrogens is 324 g/mol. The van der Waals surface area contributed by atoms with Crippen molar-refractivity contribution in [3.63, 3.8) is 0 Å². The number of hydrogen-bond acceptors (Lipinski definition) is 4. The molecule has 3 nitrogen and oxygen atoms in total. The standard InChI is InChI=1S/C18H32O3SSi/c1-7-23(8-2,9-3)20-18(5,6)16(4)15-22-21-19-17-13-11-10-12-14-17/h10-14,16H,7-9,15H2,1-6H3. The Morgan fingerprint density at radius 2 is 1.61 bits per heavy atom. The van der Waals surface area contributed by atoms with Crippen LogP contribution in [0.3, 0.4) is 0 Å². The molecule has 23 heavy (non-hydrogen) atoms. The highest BCUT2D eigenvalue weighted by atomic mass is 32.2. The minimum absolute atomic E-state index is 0.142. The van der Waals surface area contributed by atoms with E-state index in [1.807, 2.05) is 30.3 Å². The van der Waals surface area contributed by atoms with Crippen LogP contribution in [0.25, 0.3) is 0 Å². The van der Waals surface area contributed by atoms with Crippen molar-refractivity contribution in [1.82, 2.24) is 0 Å². The molecule has 1 aromatic carbocycles. The minimum Gasteiger partial charge on any atom is -0.412 e. The predicted octanol–water partition coefficient (Wildman–Crippen LogP) is 6.08. The Morgan fingerprint density at radius 1 is 1.04 bits per heavy atom. The zero-order chi connectivity index (χ0) is 17.3. The maximum atomic E-state index is 6.68. The summed E-state index contributed by atoms with van der Waals surface area (Å²) < 4.78 is 11.9. The van der Waals surface area contributed by atoms with Crippen LogP contribution < -0.4 is 4.89 Å². The molecule has 1 unspecified atom stereocenters. The Balaban J connectivity index is 2.44. The lowest BCUT2D eigenvalue weighted by Crippen LogP contribution is -2.47. The molecule has 0 bridgehead atoms. The van der Waals surface area contributed by atoms with Crippen LogP contribution in [0.2, 0.25) is 18.1 Å². The molecule has 0 heterocycles. The first-order valence-corrected chi connectivity index (χ1v) is 12.0. The maximum Gasteiger partial charge on any atom is 0.192 e. The summed E-state index contributed by atoms with van der Waals surface area (Å²) in [7, 11) is -1.60. The van der Waals surface area contributed by atoms with E-state index >= 15 is 0 Å². The van der Waals surface area contributed by atoms with Gasteiger partial charge in [-0.1, -0.05) is 45.9 Å². The first-order valence-electron chi connectivity index (χ1n) is 8.60. The van der Waals surface area contributed by atoms with Crippen LogP contribution in [0.4, 0.5) is 0 Å². The summed E-state index contributed by atoms with van der Waals surface area (Å²) in [6, 6.07) is 13.1. The summed E-state index contributed by atoms with van der Waals surface area (Å²) >= 11 is 1.35. The van der Waals surface area contributed by atoms with Gasteiger partial charge in [0.2, 0.25) is 0 Å². The Kier molecular flexibility index (Phi) is 8.68. The van der Waals surface area contributed by atoms with Gasteiger partial charge in [-0.25, -0.2) is 0 Å². The summed E-state index contributed by atoms with van der Waals surface area (Å²) in [5.74, 6) is 1.93. The largest absolute Gasteiger partial charge is 0.412 e. The number of hydrogen-bond donors (Lipinski definition) is 0. The smallest absolute Gasteiger partial charge is 0.192 e. The molecule has 0 fully saturated rings. The van der Waals surface area contributed by atoms with Crippen molar-refractivity contribution in [3.05, 3.63) is 30.3 Å². The van der Waals surface area contributed by atoms with Crippen molar-refractivity contribution < 1.29 is 13.6 Å². The summed E-state index contributed by atoms with van der Waals surface area (Å²) in [5.41, 5.74) is -0.142. The SMILES string of the molecule is CC[Si](CC)(CC)OC(C)(C)C(C)CSOOc1ccccc1. The summed E-state index contributed by atoms with van der Waals surface area (Å²) in [6.45, 7) is 13.4. The lowest BCUT2D eigenvalue weighted by Gasteiger charge is -2.41. The first-order chi connectivity index (χ1) is 10.9. The van der Waals surface area contributed by atoms with Crippen LogP contribution in [-0.2, 0) is 8.76 Å². The fraction of sp³-hybridized carbons (Fsp3) is 0.667. The van der Waals surface area contributed by atoms with Gasteiger partial charge < -0.3 is 9.31 Å². The van der Waals surface area contributed by atoms with Crippen LogP contribution >= 0.6 is 12.0 Å². The molecule has 0 radical (unpaired) electrons. The van der Waals surface area contributed by atoms with Crippen molar-refractivity contribution in [2.45, 2.75) is 65.3 Å². The van der Waals surface area contributed by atoms with E-state index in [2.05, 4.69) is 41.5 Å².